The first kappa shape index (κ1) is 19.0. The molecule has 2 rings (SSSR count). The van der Waals surface area contributed by atoms with Crippen LogP contribution < -0.4 is 5.90 Å². The van der Waals surface area contributed by atoms with Crippen LogP contribution in [-0.2, 0) is 17.4 Å². The predicted molar refractivity (Wildman–Crippen MR) is 94.6 cm³/mol. The molecule has 0 unspecified atom stereocenters. The van der Waals surface area contributed by atoms with Crippen LogP contribution in [0.15, 0.2) is 48.5 Å². The molecule has 2 aromatic carbocycles. The van der Waals surface area contributed by atoms with Gasteiger partial charge in [0.1, 0.15) is 0 Å². The first-order valence-corrected chi connectivity index (χ1v) is 7.70. The zero-order valence-electron chi connectivity index (χ0n) is 13.3. The third-order valence-corrected chi connectivity index (χ3v) is 3.83. The quantitative estimate of drug-likeness (QED) is 0.341. The van der Waals surface area contributed by atoms with E-state index in [9.17, 15) is 18.3 Å². The van der Waals surface area contributed by atoms with Gasteiger partial charge in [-0.15, -0.1) is 0 Å². The maximum atomic E-state index is 12.9. The maximum absolute atomic E-state index is 12.9. The number of rotatable bonds is 5. The molecule has 0 fully saturated rings. The fraction of sp³-hybridized carbons (Fsp3) is 0.167. The molecule has 3 N–H and O–H groups in total. The van der Waals surface area contributed by atoms with Crippen LogP contribution in [0.3, 0.4) is 0 Å². The second-order valence-corrected chi connectivity index (χ2v) is 5.85. The predicted octanol–water partition coefficient (Wildman–Crippen LogP) is 4.91. The summed E-state index contributed by atoms with van der Waals surface area (Å²) < 4.78 is 38.8. The van der Waals surface area contributed by atoms with Crippen LogP contribution in [0.1, 0.15) is 29.2 Å². The van der Waals surface area contributed by atoms with E-state index >= 15 is 0 Å². The van der Waals surface area contributed by atoms with Gasteiger partial charge in [-0.1, -0.05) is 36.4 Å². The van der Waals surface area contributed by atoms with Crippen LogP contribution in [0, 0.1) is 0 Å². The molecule has 2 aromatic rings. The highest BCUT2D eigenvalue weighted by molar-refractivity contribution is 7.80. The van der Waals surface area contributed by atoms with Gasteiger partial charge in [0.2, 0.25) is 0 Å². The van der Waals surface area contributed by atoms with Crippen LogP contribution in [-0.4, -0.2) is 10.2 Å². The Labute approximate surface area is 148 Å². The van der Waals surface area contributed by atoms with Gasteiger partial charge >= 0.3 is 6.18 Å². The zero-order valence-corrected chi connectivity index (χ0v) is 14.1. The van der Waals surface area contributed by atoms with Crippen molar-refractivity contribution < 1.29 is 23.1 Å². The number of alkyl halides is 3. The minimum atomic E-state index is -4.44. The summed E-state index contributed by atoms with van der Waals surface area (Å²) in [6.07, 6.45) is -4.34. The summed E-state index contributed by atoms with van der Waals surface area (Å²) in [6, 6.07) is 11.8. The first-order chi connectivity index (χ1) is 11.7. The summed E-state index contributed by atoms with van der Waals surface area (Å²) in [7, 11) is 0. The summed E-state index contributed by atoms with van der Waals surface area (Å²) in [4.78, 5) is 4.97. The van der Waals surface area contributed by atoms with Crippen LogP contribution in [0.25, 0.3) is 11.3 Å². The third-order valence-electron chi connectivity index (χ3n) is 3.69. The van der Waals surface area contributed by atoms with Gasteiger partial charge in [0, 0.05) is 17.6 Å². The van der Waals surface area contributed by atoms with Crippen molar-refractivity contribution in [2.45, 2.75) is 19.5 Å². The molecular weight excluding hydrogens is 351 g/mol. The molecule has 0 aliphatic carbocycles. The molecule has 25 heavy (non-hydrogen) atoms. The number of aliphatic hydroxyl groups excluding tert-OH is 1. The lowest BCUT2D eigenvalue weighted by molar-refractivity contribution is -0.137. The van der Waals surface area contributed by atoms with E-state index in [1.807, 2.05) is 0 Å². The molecule has 0 bridgehead atoms. The van der Waals surface area contributed by atoms with Gasteiger partial charge in [0.25, 0.3) is 0 Å². The largest absolute Gasteiger partial charge is 0.502 e. The second-order valence-electron chi connectivity index (χ2n) is 5.38. The Morgan fingerprint density at radius 1 is 1.16 bits per heavy atom. The van der Waals surface area contributed by atoms with Crippen molar-refractivity contribution in [1.82, 2.24) is 0 Å². The molecule has 0 saturated heterocycles. The normalized spacial score (nSPS) is 12.5. The Hall–Kier alpha value is -2.38. The van der Waals surface area contributed by atoms with E-state index < -0.39 is 11.7 Å². The topological polar surface area (TPSA) is 55.5 Å². The summed E-state index contributed by atoms with van der Waals surface area (Å²) in [5, 5.41) is 9.18. The van der Waals surface area contributed by atoms with E-state index in [0.29, 0.717) is 22.3 Å². The molecule has 0 spiro atoms. The van der Waals surface area contributed by atoms with Gasteiger partial charge in [-0.05, 0) is 42.4 Å². The van der Waals surface area contributed by atoms with Crippen molar-refractivity contribution in [1.29, 1.82) is 0 Å². The number of hydrogen-bond donors (Lipinski definition) is 2. The molecule has 0 heterocycles. The Balaban J connectivity index is 2.58. The molecule has 0 aliphatic heterocycles. The van der Waals surface area contributed by atoms with E-state index in [-0.39, 0.29) is 17.2 Å². The monoisotopic (exact) mass is 367 g/mol. The van der Waals surface area contributed by atoms with Gasteiger partial charge in [-0.3, -0.25) is 0 Å². The van der Waals surface area contributed by atoms with Gasteiger partial charge in [0.15, 0.2) is 10.8 Å². The average molecular weight is 367 g/mol. The number of thiocarbonyl (C=S) groups is 1. The van der Waals surface area contributed by atoms with Crippen LogP contribution in [0.4, 0.5) is 13.2 Å². The van der Waals surface area contributed by atoms with E-state index in [4.69, 9.17) is 23.0 Å². The number of nitrogens with two attached hydrogens (primary N) is 1. The highest BCUT2D eigenvalue weighted by Gasteiger charge is 2.30. The van der Waals surface area contributed by atoms with Crippen molar-refractivity contribution in [3.8, 4) is 0 Å². The SMILES string of the molecule is CC(=C(ON)c1ccccc1CC(O)=S)c1cccc(C(F)(F)F)c1. The molecule has 7 heteroatoms. The molecule has 0 saturated carbocycles. The molecule has 0 aliphatic rings. The standard InChI is InChI=1S/C18H16F3NO2S/c1-11(12-6-4-7-14(9-12)18(19,20)21)17(24-22)15-8-3-2-5-13(15)10-16(23)25/h2-9H,10,22H2,1H3,(H,23,25). The van der Waals surface area contributed by atoms with Crippen molar-refractivity contribution in [2.75, 3.05) is 0 Å². The van der Waals surface area contributed by atoms with Crippen molar-refractivity contribution in [2.24, 2.45) is 5.90 Å². The number of allylic oxidation sites excluding steroid dienone is 1. The third kappa shape index (κ3) is 4.58. The van der Waals surface area contributed by atoms with E-state index in [2.05, 4.69) is 0 Å². The second kappa shape index (κ2) is 7.67. The highest BCUT2D eigenvalue weighted by Crippen LogP contribution is 2.33. The summed E-state index contributed by atoms with van der Waals surface area (Å²) in [5.41, 5.74) is 1.21. The summed E-state index contributed by atoms with van der Waals surface area (Å²) in [6.45, 7) is 1.62. The number of hydrogen-bond acceptors (Lipinski definition) is 3. The maximum Gasteiger partial charge on any atom is 0.416 e. The smallest absolute Gasteiger partial charge is 0.416 e. The molecule has 132 valence electrons. The van der Waals surface area contributed by atoms with Gasteiger partial charge < -0.3 is 9.94 Å². The van der Waals surface area contributed by atoms with E-state index in [1.54, 1.807) is 37.3 Å². The lowest BCUT2D eigenvalue weighted by Gasteiger charge is -2.15. The van der Waals surface area contributed by atoms with Gasteiger partial charge in [-0.25, -0.2) is 0 Å². The lowest BCUT2D eigenvalue weighted by Crippen LogP contribution is -2.08. The fourth-order valence-electron chi connectivity index (χ4n) is 2.47. The Kier molecular flexibility index (Phi) is 5.81. The first-order valence-electron chi connectivity index (χ1n) is 7.29. The number of aliphatic hydroxyl groups is 1. The molecule has 0 aromatic heterocycles. The molecule has 3 nitrogen and oxygen atoms in total. The van der Waals surface area contributed by atoms with Gasteiger partial charge in [0.05, 0.1) is 5.56 Å². The Morgan fingerprint density at radius 3 is 2.44 bits per heavy atom. The summed E-state index contributed by atoms with van der Waals surface area (Å²) in [5.74, 6) is 5.61. The number of benzene rings is 2. The average Bonchev–Trinajstić information content (AvgIpc) is 2.56. The number of halogens is 3. The molecular formula is C18H16F3NO2S. The minimum Gasteiger partial charge on any atom is -0.502 e. The minimum absolute atomic E-state index is 0.105. The van der Waals surface area contributed by atoms with Gasteiger partial charge in [-0.2, -0.15) is 19.1 Å². The van der Waals surface area contributed by atoms with Crippen molar-refractivity contribution in [3.63, 3.8) is 0 Å². The Morgan fingerprint density at radius 2 is 1.84 bits per heavy atom. The fourth-order valence-corrected chi connectivity index (χ4v) is 2.63. The van der Waals surface area contributed by atoms with Crippen LogP contribution in [0.2, 0.25) is 0 Å². The van der Waals surface area contributed by atoms with Crippen molar-refractivity contribution in [3.05, 3.63) is 70.8 Å². The molecule has 0 atom stereocenters. The Bertz CT molecular complexity index is 816. The molecule has 0 amide bonds. The van der Waals surface area contributed by atoms with E-state index in [0.717, 1.165) is 12.1 Å². The molecule has 0 radical (unpaired) electrons. The van der Waals surface area contributed by atoms with Crippen LogP contribution >= 0.6 is 12.2 Å². The highest BCUT2D eigenvalue weighted by atomic mass is 32.1. The van der Waals surface area contributed by atoms with Crippen LogP contribution in [0.5, 0.6) is 0 Å². The lowest BCUT2D eigenvalue weighted by atomic mass is 9.96. The summed E-state index contributed by atoms with van der Waals surface area (Å²) >= 11 is 4.72. The zero-order chi connectivity index (χ0) is 18.6. The van der Waals surface area contributed by atoms with E-state index in [1.165, 1.54) is 6.07 Å². The van der Waals surface area contributed by atoms with Crippen molar-refractivity contribution >= 4 is 28.6 Å².